The third-order valence-electron chi connectivity index (χ3n) is 0. The van der Waals surface area contributed by atoms with Gasteiger partial charge in [-0.05, 0) is 0 Å². The molecule has 124 valence electrons. The van der Waals surface area contributed by atoms with Gasteiger partial charge in [-0.25, -0.2) is 14.4 Å². The van der Waals surface area contributed by atoms with Crippen molar-refractivity contribution in [3.63, 3.8) is 0 Å². The van der Waals surface area contributed by atoms with E-state index in [9.17, 15) is 0 Å². The molecule has 22 heteroatoms. The number of hydrogen-bond acceptors (Lipinski definition) is 3. The van der Waals surface area contributed by atoms with Crippen molar-refractivity contribution in [3.8, 4) is 0 Å². The average Bonchev–Trinajstić information content (AvgIpc) is 1.54. The van der Waals surface area contributed by atoms with Crippen molar-refractivity contribution in [2.24, 2.45) is 0 Å². The summed E-state index contributed by atoms with van der Waals surface area (Å²) in [6.45, 7) is 0. The van der Waals surface area contributed by atoms with Crippen LogP contribution in [0.4, 0.5) is 14.4 Å². The first-order valence-electron chi connectivity index (χ1n) is 1.95. The van der Waals surface area contributed by atoms with E-state index < -0.39 is 18.5 Å². The van der Waals surface area contributed by atoms with Crippen LogP contribution in [0.25, 0.3) is 0 Å². The first-order valence-corrected chi connectivity index (χ1v) is 1.95. The van der Waals surface area contributed by atoms with Crippen LogP contribution in [0.1, 0.15) is 0 Å². The van der Waals surface area contributed by atoms with Gasteiger partial charge in [-0.3, -0.25) is 0 Å². The zero-order valence-corrected chi connectivity index (χ0v) is 5.41. The molecule has 0 bridgehead atoms. The monoisotopic (exact) mass is 732 g/mol. The Kier molecular flexibility index (Phi) is 418. The predicted molar refractivity (Wildman–Crippen MR) is 143 cm³/mol. The molecule has 0 unspecified atom stereocenters. The Morgan fingerprint density at radius 3 is 0.280 bits per heavy atom. The predicted octanol–water partition coefficient (Wildman–Crippen LogP) is -11.2. The van der Waals surface area contributed by atoms with Gasteiger partial charge in [-0.2, -0.15) is 0 Å². The van der Waals surface area contributed by atoms with Gasteiger partial charge in [0.15, 0.2) is 0 Å². The number of carbonyl (C=O) groups is 3. The van der Waals surface area contributed by atoms with E-state index in [1.54, 1.807) is 0 Å². The van der Waals surface area contributed by atoms with E-state index in [0.717, 1.165) is 0 Å². The van der Waals surface area contributed by atoms with Crippen LogP contribution in [0.2, 0.25) is 0 Å². The molecule has 0 aromatic heterocycles. The summed E-state index contributed by atoms with van der Waals surface area (Å²) < 4.78 is 0. The molecule has 0 fully saturated rings. The Hall–Kier alpha value is 14.2. The van der Waals surface area contributed by atoms with Crippen molar-refractivity contribution < 1.29 is 45.0 Å². The third-order valence-corrected chi connectivity index (χ3v) is 0. The van der Waals surface area contributed by atoms with E-state index in [-0.39, 0.29) is 491 Å². The second-order valence-corrected chi connectivity index (χ2v) is 0.848. The van der Waals surface area contributed by atoms with Crippen molar-refractivity contribution in [1.29, 1.82) is 0 Å². The van der Waals surface area contributed by atoms with Crippen LogP contribution in [-0.2, 0) is 0 Å². The van der Waals surface area contributed by atoms with E-state index in [1.165, 1.54) is 0 Å². The van der Waals surface area contributed by atoms with Crippen molar-refractivity contribution in [3.05, 3.63) is 0 Å². The molecule has 0 rings (SSSR count). The van der Waals surface area contributed by atoms with Gasteiger partial charge in [0, 0.05) is 0 Å². The molecule has 0 spiro atoms. The maximum atomic E-state index is 8.56. The molecule has 0 aromatic carbocycles. The molecule has 0 atom stereocenters. The summed E-state index contributed by atoms with van der Waals surface area (Å²) in [7, 11) is 0. The Labute approximate surface area is 534 Å². The van der Waals surface area contributed by atoms with Gasteiger partial charge in [-0.1, -0.05) is 0 Å². The molecule has 0 aliphatic carbocycles. The van der Waals surface area contributed by atoms with E-state index in [2.05, 4.69) is 0 Å². The first kappa shape index (κ1) is 106. The van der Waals surface area contributed by atoms with E-state index in [4.69, 9.17) is 45.0 Å². The molecule has 0 aromatic rings. The van der Waals surface area contributed by atoms with Crippen LogP contribution in [0.5, 0.6) is 0 Å². The molecular formula is C3H32Ca13O9. The zero-order valence-electron chi connectivity index (χ0n) is 5.41. The number of rotatable bonds is 0. The molecule has 25 heavy (non-hydrogen) atoms. The van der Waals surface area contributed by atoms with Gasteiger partial charge in [0.2, 0.25) is 0 Å². The molecule has 0 radical (unpaired) electrons. The van der Waals surface area contributed by atoms with Crippen LogP contribution < -0.4 is 0 Å². The summed E-state index contributed by atoms with van der Waals surface area (Å²) in [4.78, 5) is 25.7. The van der Waals surface area contributed by atoms with Gasteiger partial charge < -0.3 is 30.6 Å². The first-order chi connectivity index (χ1) is 5.20. The fourth-order valence-corrected chi connectivity index (χ4v) is 0. The van der Waals surface area contributed by atoms with E-state index >= 15 is 0 Å². The van der Waals surface area contributed by atoms with E-state index in [1.807, 2.05) is 0 Å². The Bertz CT molecular complexity index is 132. The molecule has 0 saturated heterocycles. The van der Waals surface area contributed by atoms with Crippen LogP contribution in [-0.4, -0.2) is 540 Å². The molecule has 9 nitrogen and oxygen atoms in total. The standard InChI is InChI=1S/3CH2O3.13Ca.26H/c3*2-1(3)4;;;;;;;;;;;;;;;;;;;;;;;;;;;;;;;;;;;;;;;/h3*(H2,2,3,4);;;;;;;;;;;;;;;;;;;;;;;;;;;;;;;;;;;;;;;. The summed E-state index contributed by atoms with van der Waals surface area (Å²) in [6, 6.07) is 0. The average molecular weight is 733 g/mol. The van der Waals surface area contributed by atoms with Gasteiger partial charge in [0.05, 0.1) is 0 Å². The van der Waals surface area contributed by atoms with Crippen LogP contribution in [0.3, 0.4) is 0 Å². The van der Waals surface area contributed by atoms with Gasteiger partial charge in [0.1, 0.15) is 0 Å². The molecule has 0 amide bonds. The Morgan fingerprint density at radius 1 is 0.280 bits per heavy atom. The molecule has 0 aliphatic rings. The maximum absolute atomic E-state index is 8.56. The third kappa shape index (κ3) is 248. The molecule has 6 N–H and O–H groups in total. The summed E-state index contributed by atoms with van der Waals surface area (Å²) >= 11 is 0. The van der Waals surface area contributed by atoms with Crippen LogP contribution >= 0.6 is 0 Å². The van der Waals surface area contributed by atoms with Crippen molar-refractivity contribution >= 4 is 509 Å². The fourth-order valence-electron chi connectivity index (χ4n) is 0. The topological polar surface area (TPSA) is 173 Å². The minimum atomic E-state index is -1.83. The second-order valence-electron chi connectivity index (χ2n) is 0.848. The van der Waals surface area contributed by atoms with E-state index in [0.29, 0.717) is 0 Å². The summed E-state index contributed by atoms with van der Waals surface area (Å²) in [5, 5.41) is 41.8. The van der Waals surface area contributed by atoms with Crippen molar-refractivity contribution in [1.82, 2.24) is 0 Å². The van der Waals surface area contributed by atoms with Gasteiger partial charge >= 0.3 is 509 Å². The normalized spacial score (nSPS) is 2.88. The van der Waals surface area contributed by atoms with Gasteiger partial charge in [-0.15, -0.1) is 0 Å². The van der Waals surface area contributed by atoms with Gasteiger partial charge in [0.25, 0.3) is 0 Å². The zero-order chi connectivity index (χ0) is 10.7. The van der Waals surface area contributed by atoms with Crippen LogP contribution in [0, 0.1) is 0 Å². The second kappa shape index (κ2) is 98.2. The molecule has 0 heterocycles. The summed E-state index contributed by atoms with van der Waals surface area (Å²) in [5.74, 6) is 0. The summed E-state index contributed by atoms with van der Waals surface area (Å²) in [5.41, 5.74) is 0. The SMILES string of the molecule is O=C(O)O.O=C(O)O.O=C(O)O.[CaH2].[CaH2].[CaH2].[CaH2].[CaH2].[CaH2].[CaH2].[CaH2].[CaH2].[CaH2].[CaH2].[CaH2].[CaH2]. The molecular weight excluding hydrogens is 701 g/mol. The Morgan fingerprint density at radius 2 is 0.280 bits per heavy atom. The van der Waals surface area contributed by atoms with Crippen molar-refractivity contribution in [2.75, 3.05) is 0 Å². The molecule has 0 aliphatic heterocycles. The quantitative estimate of drug-likeness (QED) is 0.132. The Balaban J connectivity index is -0.00000000276. The van der Waals surface area contributed by atoms with Crippen LogP contribution in [0.15, 0.2) is 0 Å². The minimum absolute atomic E-state index is 0. The fraction of sp³-hybridized carbons (Fsp3) is 0. The molecule has 0 saturated carbocycles. The number of hydrogen-bond donors (Lipinski definition) is 6. The summed E-state index contributed by atoms with van der Waals surface area (Å²) in [6.07, 6.45) is -5.50. The number of carboxylic acid groups (broad SMARTS) is 6. The van der Waals surface area contributed by atoms with Crippen molar-refractivity contribution in [2.45, 2.75) is 0 Å².